The summed E-state index contributed by atoms with van der Waals surface area (Å²) in [4.78, 5) is 31.3. The summed E-state index contributed by atoms with van der Waals surface area (Å²) < 4.78 is 6.31. The molecule has 1 N–H and O–H groups in total. The molecule has 6 nitrogen and oxygen atoms in total. The Labute approximate surface area is 171 Å². The van der Waals surface area contributed by atoms with E-state index in [0.717, 1.165) is 18.4 Å². The molecule has 1 aromatic heterocycles. The van der Waals surface area contributed by atoms with Crippen molar-refractivity contribution in [1.29, 1.82) is 0 Å². The van der Waals surface area contributed by atoms with Crippen LogP contribution in [0, 0.1) is 5.92 Å². The van der Waals surface area contributed by atoms with E-state index in [-0.39, 0.29) is 23.3 Å². The third-order valence-corrected chi connectivity index (χ3v) is 6.18. The smallest absolute Gasteiger partial charge is 0.253 e. The van der Waals surface area contributed by atoms with Crippen molar-refractivity contribution in [3.8, 4) is 0 Å². The summed E-state index contributed by atoms with van der Waals surface area (Å²) in [7, 11) is 0. The lowest BCUT2D eigenvalue weighted by Gasteiger charge is -2.44. The summed E-state index contributed by atoms with van der Waals surface area (Å²) in [6, 6.07) is 13.4. The third-order valence-electron chi connectivity index (χ3n) is 6.18. The number of ether oxygens (including phenoxy) is 1. The van der Waals surface area contributed by atoms with Gasteiger partial charge in [0.05, 0.1) is 23.9 Å². The van der Waals surface area contributed by atoms with Crippen LogP contribution in [0.1, 0.15) is 31.7 Å². The maximum absolute atomic E-state index is 12.7. The van der Waals surface area contributed by atoms with Gasteiger partial charge in [-0.3, -0.25) is 14.6 Å². The van der Waals surface area contributed by atoms with E-state index in [1.165, 1.54) is 0 Å². The van der Waals surface area contributed by atoms with Crippen molar-refractivity contribution in [1.82, 2.24) is 9.88 Å². The van der Waals surface area contributed by atoms with Crippen LogP contribution < -0.4 is 5.32 Å². The van der Waals surface area contributed by atoms with Gasteiger partial charge in [0, 0.05) is 25.2 Å². The lowest BCUT2D eigenvalue weighted by atomic mass is 9.80. The van der Waals surface area contributed by atoms with Crippen molar-refractivity contribution in [3.05, 3.63) is 60.4 Å². The minimum Gasteiger partial charge on any atom is -0.362 e. The van der Waals surface area contributed by atoms with Crippen LogP contribution in [0.2, 0.25) is 0 Å². The summed E-state index contributed by atoms with van der Waals surface area (Å²) >= 11 is 0. The molecule has 3 heterocycles. The Morgan fingerprint density at radius 1 is 1.21 bits per heavy atom. The van der Waals surface area contributed by atoms with Crippen molar-refractivity contribution in [3.63, 3.8) is 0 Å². The molecule has 0 aliphatic carbocycles. The highest BCUT2D eigenvalue weighted by molar-refractivity contribution is 5.94. The standard InChI is InChI=1S/C23H27N3O3/c1-17-16-26(21(27)14-18-6-3-2-4-7-18)13-11-23(17)10-9-20(29-23)22(28)25-19-8-5-12-24-15-19/h2-8,12,15,17,20H,9-11,13-14,16H2,1H3,(H,25,28)/t17-,20+,23-/m1/s1. The number of aromatic nitrogens is 1. The monoisotopic (exact) mass is 393 g/mol. The van der Waals surface area contributed by atoms with Crippen LogP contribution in [0.3, 0.4) is 0 Å². The summed E-state index contributed by atoms with van der Waals surface area (Å²) in [6.45, 7) is 3.47. The second-order valence-electron chi connectivity index (χ2n) is 8.09. The van der Waals surface area contributed by atoms with Gasteiger partial charge in [0.15, 0.2) is 0 Å². The number of carbonyl (C=O) groups excluding carboxylic acids is 2. The molecule has 0 bridgehead atoms. The van der Waals surface area contributed by atoms with Crippen LogP contribution in [0.15, 0.2) is 54.9 Å². The Morgan fingerprint density at radius 3 is 2.76 bits per heavy atom. The molecule has 2 fully saturated rings. The van der Waals surface area contributed by atoms with Crippen molar-refractivity contribution in [2.45, 2.75) is 44.3 Å². The number of pyridine rings is 1. The van der Waals surface area contributed by atoms with E-state index in [1.807, 2.05) is 41.3 Å². The predicted molar refractivity (Wildman–Crippen MR) is 110 cm³/mol. The van der Waals surface area contributed by atoms with Crippen LogP contribution >= 0.6 is 0 Å². The Hall–Kier alpha value is -2.73. The number of hydrogen-bond donors (Lipinski definition) is 1. The fraction of sp³-hybridized carbons (Fsp3) is 0.435. The third kappa shape index (κ3) is 4.32. The van der Waals surface area contributed by atoms with E-state index >= 15 is 0 Å². The van der Waals surface area contributed by atoms with Crippen molar-refractivity contribution < 1.29 is 14.3 Å². The van der Waals surface area contributed by atoms with E-state index in [4.69, 9.17) is 4.74 Å². The molecular weight excluding hydrogens is 366 g/mol. The Kier molecular flexibility index (Phi) is 5.62. The molecule has 0 radical (unpaired) electrons. The molecule has 0 unspecified atom stereocenters. The molecule has 6 heteroatoms. The number of carbonyl (C=O) groups is 2. The molecule has 0 saturated carbocycles. The number of piperidine rings is 1. The van der Waals surface area contributed by atoms with Crippen molar-refractivity contribution >= 4 is 17.5 Å². The van der Waals surface area contributed by atoms with Gasteiger partial charge in [-0.05, 0) is 37.0 Å². The van der Waals surface area contributed by atoms with Gasteiger partial charge < -0.3 is 15.0 Å². The first-order valence-corrected chi connectivity index (χ1v) is 10.3. The van der Waals surface area contributed by atoms with E-state index in [2.05, 4.69) is 17.2 Å². The molecule has 29 heavy (non-hydrogen) atoms. The fourth-order valence-corrected chi connectivity index (χ4v) is 4.43. The zero-order valence-corrected chi connectivity index (χ0v) is 16.7. The number of benzene rings is 1. The molecule has 2 aliphatic heterocycles. The van der Waals surface area contributed by atoms with Crippen LogP contribution in [0.25, 0.3) is 0 Å². The highest BCUT2D eigenvalue weighted by Crippen LogP contribution is 2.42. The second-order valence-corrected chi connectivity index (χ2v) is 8.09. The average Bonchev–Trinajstić information content (AvgIpc) is 3.17. The van der Waals surface area contributed by atoms with Gasteiger partial charge in [0.1, 0.15) is 6.10 Å². The molecule has 1 aromatic carbocycles. The second kappa shape index (κ2) is 8.33. The zero-order chi connectivity index (χ0) is 20.3. The van der Waals surface area contributed by atoms with Crippen LogP contribution in [-0.2, 0) is 20.7 Å². The van der Waals surface area contributed by atoms with Gasteiger partial charge >= 0.3 is 0 Å². The van der Waals surface area contributed by atoms with Crippen molar-refractivity contribution in [2.75, 3.05) is 18.4 Å². The molecule has 2 aromatic rings. The molecule has 4 rings (SSSR count). The van der Waals surface area contributed by atoms with Crippen molar-refractivity contribution in [2.24, 2.45) is 5.92 Å². The van der Waals surface area contributed by atoms with Gasteiger partial charge in [0.2, 0.25) is 5.91 Å². The topological polar surface area (TPSA) is 71.5 Å². The minimum absolute atomic E-state index is 0.121. The van der Waals surface area contributed by atoms with Gasteiger partial charge in [-0.1, -0.05) is 37.3 Å². The van der Waals surface area contributed by atoms with Crippen LogP contribution in [0.5, 0.6) is 0 Å². The maximum Gasteiger partial charge on any atom is 0.253 e. The highest BCUT2D eigenvalue weighted by Gasteiger charge is 2.49. The first-order chi connectivity index (χ1) is 14.1. The Morgan fingerprint density at radius 2 is 2.03 bits per heavy atom. The number of nitrogens with one attached hydrogen (secondary N) is 1. The summed E-state index contributed by atoms with van der Waals surface area (Å²) in [5.74, 6) is 0.221. The SMILES string of the molecule is C[C@@H]1CN(C(=O)Cc2ccccc2)CC[C@]12CC[C@@H](C(=O)Nc1cccnc1)O2. The van der Waals surface area contributed by atoms with Crippen LogP contribution in [0.4, 0.5) is 5.69 Å². The normalized spacial score (nSPS) is 26.4. The molecule has 152 valence electrons. The minimum atomic E-state index is -0.454. The van der Waals surface area contributed by atoms with Gasteiger partial charge in [-0.2, -0.15) is 0 Å². The van der Waals surface area contributed by atoms with Gasteiger partial charge in [-0.25, -0.2) is 0 Å². The largest absolute Gasteiger partial charge is 0.362 e. The van der Waals surface area contributed by atoms with E-state index in [9.17, 15) is 9.59 Å². The zero-order valence-electron chi connectivity index (χ0n) is 16.7. The number of amides is 2. The number of hydrogen-bond acceptors (Lipinski definition) is 4. The molecule has 2 amide bonds. The van der Waals surface area contributed by atoms with Gasteiger partial charge in [0.25, 0.3) is 5.91 Å². The predicted octanol–water partition coefficient (Wildman–Crippen LogP) is 3.05. The van der Waals surface area contributed by atoms with E-state index in [0.29, 0.717) is 31.6 Å². The maximum atomic E-state index is 12.7. The highest BCUT2D eigenvalue weighted by atomic mass is 16.5. The number of nitrogens with zero attached hydrogens (tertiary/aromatic N) is 2. The number of rotatable bonds is 4. The molecular formula is C23H27N3O3. The first kappa shape index (κ1) is 19.6. The average molecular weight is 393 g/mol. The summed E-state index contributed by atoms with van der Waals surface area (Å²) in [5, 5.41) is 2.88. The van der Waals surface area contributed by atoms with E-state index < -0.39 is 6.10 Å². The Bertz CT molecular complexity index is 858. The summed E-state index contributed by atoms with van der Waals surface area (Å²) in [6.07, 6.45) is 5.59. The lowest BCUT2D eigenvalue weighted by molar-refractivity contribution is -0.151. The van der Waals surface area contributed by atoms with Gasteiger partial charge in [-0.15, -0.1) is 0 Å². The quantitative estimate of drug-likeness (QED) is 0.867. The molecule has 2 saturated heterocycles. The molecule has 1 spiro atoms. The fourth-order valence-electron chi connectivity index (χ4n) is 4.43. The first-order valence-electron chi connectivity index (χ1n) is 10.3. The van der Waals surface area contributed by atoms with Crippen LogP contribution in [-0.4, -0.2) is 46.5 Å². The summed E-state index contributed by atoms with van der Waals surface area (Å²) in [5.41, 5.74) is 1.40. The Balaban J connectivity index is 1.33. The number of likely N-dealkylation sites (tertiary alicyclic amines) is 1. The lowest BCUT2D eigenvalue weighted by Crippen LogP contribution is -2.53. The molecule has 3 atom stereocenters. The number of anilines is 1. The molecule has 2 aliphatic rings. The van der Waals surface area contributed by atoms with E-state index in [1.54, 1.807) is 18.5 Å².